The van der Waals surface area contributed by atoms with Gasteiger partial charge < -0.3 is 10.8 Å². The zero-order valence-electron chi connectivity index (χ0n) is 9.45. The monoisotopic (exact) mass is 364 g/mol. The average Bonchev–Trinajstić information content (AvgIpc) is 2.84. The smallest absolute Gasteiger partial charge is 0.312 e. The summed E-state index contributed by atoms with van der Waals surface area (Å²) in [6.07, 6.45) is 0. The summed E-state index contributed by atoms with van der Waals surface area (Å²) in [6.45, 7) is 0. The minimum absolute atomic E-state index is 0. The molecule has 102 valence electrons. The molecule has 0 aliphatic carbocycles. The van der Waals surface area contributed by atoms with Crippen molar-refractivity contribution in [1.82, 2.24) is 0 Å². The number of thiophene rings is 1. The maximum absolute atomic E-state index is 10.8. The Bertz CT molecular complexity index is 592. The van der Waals surface area contributed by atoms with Gasteiger partial charge in [0.05, 0.1) is 11.0 Å². The molecule has 1 heterocycles. The summed E-state index contributed by atoms with van der Waals surface area (Å²) in [5, 5.41) is 22.6. The fraction of sp³-hybridized carbons (Fsp3) is 0.0909. The van der Waals surface area contributed by atoms with Crippen molar-refractivity contribution in [2.24, 2.45) is 5.73 Å². The van der Waals surface area contributed by atoms with E-state index in [1.165, 1.54) is 17.4 Å². The van der Waals surface area contributed by atoms with Gasteiger partial charge in [-0.1, -0.05) is 22.0 Å². The molecule has 19 heavy (non-hydrogen) atoms. The third kappa shape index (κ3) is 3.24. The molecule has 0 spiro atoms. The molecule has 8 heteroatoms. The van der Waals surface area contributed by atoms with E-state index in [4.69, 9.17) is 5.73 Å². The van der Waals surface area contributed by atoms with Crippen molar-refractivity contribution in [3.05, 3.63) is 54.7 Å². The Morgan fingerprint density at radius 3 is 2.68 bits per heavy atom. The van der Waals surface area contributed by atoms with Gasteiger partial charge in [-0.3, -0.25) is 10.1 Å². The van der Waals surface area contributed by atoms with Gasteiger partial charge in [0.2, 0.25) is 0 Å². The molecule has 2 rings (SSSR count). The van der Waals surface area contributed by atoms with Crippen LogP contribution in [0.25, 0.3) is 0 Å². The summed E-state index contributed by atoms with van der Waals surface area (Å²) >= 11 is 4.61. The summed E-state index contributed by atoms with van der Waals surface area (Å²) in [7, 11) is 0. The minimum atomic E-state index is -0.634. The first-order valence-electron chi connectivity index (χ1n) is 4.96. The lowest BCUT2D eigenvalue weighted by atomic mass is 10.0. The highest BCUT2D eigenvalue weighted by molar-refractivity contribution is 9.10. The van der Waals surface area contributed by atoms with E-state index in [1.807, 2.05) is 17.5 Å². The van der Waals surface area contributed by atoms with E-state index in [1.54, 1.807) is 6.07 Å². The maximum Gasteiger partial charge on any atom is 0.312 e. The van der Waals surface area contributed by atoms with Gasteiger partial charge in [0.1, 0.15) is 0 Å². The Morgan fingerprint density at radius 2 is 2.16 bits per heavy atom. The quantitative estimate of drug-likeness (QED) is 0.642. The van der Waals surface area contributed by atoms with Crippen LogP contribution in [-0.4, -0.2) is 10.0 Å². The van der Waals surface area contributed by atoms with Crippen LogP contribution in [0.4, 0.5) is 5.69 Å². The van der Waals surface area contributed by atoms with Gasteiger partial charge in [0.15, 0.2) is 5.75 Å². The van der Waals surface area contributed by atoms with Crippen molar-refractivity contribution in [2.75, 3.05) is 0 Å². The highest BCUT2D eigenvalue weighted by Crippen LogP contribution is 2.38. The molecule has 0 fully saturated rings. The molecule has 1 aromatic carbocycles. The zero-order chi connectivity index (χ0) is 13.3. The lowest BCUT2D eigenvalue weighted by Crippen LogP contribution is -2.11. The number of rotatable bonds is 3. The van der Waals surface area contributed by atoms with Crippen LogP contribution in [0, 0.1) is 10.1 Å². The van der Waals surface area contributed by atoms with Crippen molar-refractivity contribution < 1.29 is 10.0 Å². The highest BCUT2D eigenvalue weighted by Gasteiger charge is 2.23. The van der Waals surface area contributed by atoms with Crippen molar-refractivity contribution in [1.29, 1.82) is 0 Å². The van der Waals surface area contributed by atoms with E-state index in [-0.39, 0.29) is 23.8 Å². The number of nitro benzene ring substituents is 1. The number of nitrogens with two attached hydrogens (primary N) is 1. The van der Waals surface area contributed by atoms with Gasteiger partial charge in [0.25, 0.3) is 0 Å². The van der Waals surface area contributed by atoms with Gasteiger partial charge in [-0.15, -0.1) is 23.7 Å². The molecule has 0 radical (unpaired) electrons. The van der Waals surface area contributed by atoms with E-state index in [0.29, 0.717) is 10.0 Å². The molecule has 0 unspecified atom stereocenters. The maximum atomic E-state index is 10.8. The Hall–Kier alpha value is -1.15. The predicted octanol–water partition coefficient (Wildman–Crippen LogP) is 3.59. The number of hydrogen-bond acceptors (Lipinski definition) is 5. The van der Waals surface area contributed by atoms with Crippen molar-refractivity contribution in [3.8, 4) is 5.75 Å². The van der Waals surface area contributed by atoms with E-state index in [2.05, 4.69) is 15.9 Å². The fourth-order valence-electron chi connectivity index (χ4n) is 1.60. The van der Waals surface area contributed by atoms with Crippen LogP contribution >= 0.6 is 39.7 Å². The molecule has 0 aliphatic heterocycles. The first-order chi connectivity index (χ1) is 8.50. The zero-order valence-corrected chi connectivity index (χ0v) is 12.7. The first kappa shape index (κ1) is 15.9. The van der Waals surface area contributed by atoms with Crippen LogP contribution < -0.4 is 5.73 Å². The van der Waals surface area contributed by atoms with Crippen LogP contribution in [0.2, 0.25) is 0 Å². The molecule has 0 saturated carbocycles. The number of hydrogen-bond donors (Lipinski definition) is 2. The second-order valence-electron chi connectivity index (χ2n) is 3.61. The lowest BCUT2D eigenvalue weighted by Gasteiger charge is -2.12. The third-order valence-corrected chi connectivity index (χ3v) is 3.88. The van der Waals surface area contributed by atoms with Crippen molar-refractivity contribution >= 4 is 45.4 Å². The van der Waals surface area contributed by atoms with E-state index < -0.39 is 11.0 Å². The Labute approximate surface area is 127 Å². The highest BCUT2D eigenvalue weighted by atomic mass is 79.9. The molecule has 0 bridgehead atoms. The van der Waals surface area contributed by atoms with Gasteiger partial charge in [0, 0.05) is 21.0 Å². The number of aromatic hydroxyl groups is 1. The van der Waals surface area contributed by atoms with Crippen LogP contribution in [0.3, 0.4) is 0 Å². The largest absolute Gasteiger partial charge is 0.502 e. The van der Waals surface area contributed by atoms with E-state index in [0.717, 1.165) is 4.88 Å². The van der Waals surface area contributed by atoms with Crippen molar-refractivity contribution in [2.45, 2.75) is 6.04 Å². The lowest BCUT2D eigenvalue weighted by molar-refractivity contribution is -0.386. The number of phenolic OH excluding ortho intramolecular Hbond substituents is 1. The molecule has 5 nitrogen and oxygen atoms in total. The molecule has 0 saturated heterocycles. The predicted molar refractivity (Wildman–Crippen MR) is 80.1 cm³/mol. The number of halogens is 2. The summed E-state index contributed by atoms with van der Waals surface area (Å²) in [5.41, 5.74) is 5.98. The van der Waals surface area contributed by atoms with E-state index >= 15 is 0 Å². The van der Waals surface area contributed by atoms with Gasteiger partial charge in [-0.2, -0.15) is 0 Å². The Kier molecular flexibility index (Phi) is 5.30. The van der Waals surface area contributed by atoms with E-state index in [9.17, 15) is 15.2 Å². The molecule has 2 aromatic rings. The third-order valence-electron chi connectivity index (χ3n) is 2.47. The molecule has 1 atom stereocenters. The molecule has 0 amide bonds. The summed E-state index contributed by atoms with van der Waals surface area (Å²) in [4.78, 5) is 11.0. The Balaban J connectivity index is 0.00000180. The molecule has 3 N–H and O–H groups in total. The first-order valence-corrected chi connectivity index (χ1v) is 6.63. The second kappa shape index (κ2) is 6.33. The van der Waals surface area contributed by atoms with Gasteiger partial charge in [-0.05, 0) is 17.5 Å². The summed E-state index contributed by atoms with van der Waals surface area (Å²) < 4.78 is 0.508. The molecular weight excluding hydrogens is 356 g/mol. The van der Waals surface area contributed by atoms with Crippen LogP contribution in [0.15, 0.2) is 34.1 Å². The Morgan fingerprint density at radius 1 is 1.47 bits per heavy atom. The van der Waals surface area contributed by atoms with Crippen LogP contribution in [0.5, 0.6) is 5.75 Å². The van der Waals surface area contributed by atoms with Crippen LogP contribution in [0.1, 0.15) is 16.5 Å². The van der Waals surface area contributed by atoms with Crippen LogP contribution in [-0.2, 0) is 0 Å². The topological polar surface area (TPSA) is 89.4 Å². The molecular formula is C11H10BrClN2O3S. The molecule has 1 aromatic heterocycles. The van der Waals surface area contributed by atoms with Gasteiger partial charge >= 0.3 is 5.69 Å². The average molecular weight is 366 g/mol. The summed E-state index contributed by atoms with van der Waals surface area (Å²) in [6, 6.07) is 5.92. The molecule has 0 aliphatic rings. The minimum Gasteiger partial charge on any atom is -0.502 e. The normalized spacial score (nSPS) is 11.7. The second-order valence-corrected chi connectivity index (χ2v) is 5.51. The number of nitro groups is 1. The van der Waals surface area contributed by atoms with Crippen molar-refractivity contribution in [3.63, 3.8) is 0 Å². The number of phenols is 1. The fourth-order valence-corrected chi connectivity index (χ4v) is 2.81. The number of nitrogens with zero attached hydrogens (tertiary/aromatic N) is 1. The SMILES string of the molecule is Cl.N[C@H](c1cccs1)c1cc(Br)cc([N+](=O)[O-])c1O. The number of benzene rings is 1. The van der Waals surface area contributed by atoms with Gasteiger partial charge in [-0.25, -0.2) is 0 Å². The standard InChI is InChI=1S/C11H9BrN2O3S.ClH/c12-6-4-7(10(13)9-2-1-3-18-9)11(15)8(5-6)14(16)17;/h1-5,10,15H,13H2;1H/t10-;/m0./s1. The summed E-state index contributed by atoms with van der Waals surface area (Å²) in [5.74, 6) is -0.385.